The molecule has 2 atom stereocenters. The van der Waals surface area contributed by atoms with Crippen LogP contribution in [0.4, 0.5) is 0 Å². The second-order valence-electron chi connectivity index (χ2n) is 6.02. The molecule has 2 rings (SSSR count). The smallest absolute Gasteiger partial charge is 0.315 e. The van der Waals surface area contributed by atoms with Crippen LogP contribution in [0.3, 0.4) is 0 Å². The van der Waals surface area contributed by atoms with Crippen molar-refractivity contribution in [2.24, 2.45) is 5.92 Å². The summed E-state index contributed by atoms with van der Waals surface area (Å²) in [6.07, 6.45) is 0. The number of carboxylic acids is 1. The molecular weight excluding hydrogens is 316 g/mol. The van der Waals surface area contributed by atoms with E-state index in [0.29, 0.717) is 19.6 Å². The summed E-state index contributed by atoms with van der Waals surface area (Å²) in [7, 11) is 0. The van der Waals surface area contributed by atoms with Gasteiger partial charge in [0, 0.05) is 25.7 Å². The number of hydrogen-bond acceptors (Lipinski definition) is 4. The lowest BCUT2D eigenvalue weighted by Crippen LogP contribution is -2.49. The number of carboxylic acid groups (broad SMARTS) is 1. The Hall–Kier alpha value is -2.50. The van der Waals surface area contributed by atoms with Crippen molar-refractivity contribution in [1.82, 2.24) is 10.6 Å². The summed E-state index contributed by atoms with van der Waals surface area (Å²) in [4.78, 5) is 23.4. The van der Waals surface area contributed by atoms with Gasteiger partial charge in [0.25, 0.3) is 0 Å². The van der Waals surface area contributed by atoms with Gasteiger partial charge in [-0.05, 0) is 18.1 Å². The van der Waals surface area contributed by atoms with Gasteiger partial charge in [0.2, 0.25) is 0 Å². The molecule has 2 unspecified atom stereocenters. The summed E-state index contributed by atoms with van der Waals surface area (Å²) in [6, 6.07) is 19.1. The number of nitrogens with one attached hydrogen (secondary N) is 2. The highest BCUT2D eigenvalue weighted by molar-refractivity contribution is 5.97. The van der Waals surface area contributed by atoms with Crippen LogP contribution in [0.1, 0.15) is 18.1 Å². The van der Waals surface area contributed by atoms with E-state index in [-0.39, 0.29) is 5.78 Å². The zero-order chi connectivity index (χ0) is 18.1. The maximum absolute atomic E-state index is 11.8. The number of carbonyl (C=O) groups is 2. The second kappa shape index (κ2) is 9.71. The van der Waals surface area contributed by atoms with Crippen molar-refractivity contribution in [2.75, 3.05) is 6.54 Å². The van der Waals surface area contributed by atoms with Crippen molar-refractivity contribution in [3.05, 3.63) is 71.8 Å². The van der Waals surface area contributed by atoms with Crippen LogP contribution in [0, 0.1) is 5.92 Å². The maximum atomic E-state index is 11.8. The average molecular weight is 340 g/mol. The highest BCUT2D eigenvalue weighted by atomic mass is 16.4. The third-order valence-electron chi connectivity index (χ3n) is 4.05. The first-order valence-electron chi connectivity index (χ1n) is 8.33. The van der Waals surface area contributed by atoms with Gasteiger partial charge in [-0.1, -0.05) is 60.7 Å². The largest absolute Gasteiger partial charge is 0.481 e. The first-order valence-corrected chi connectivity index (χ1v) is 8.33. The van der Waals surface area contributed by atoms with Crippen molar-refractivity contribution in [2.45, 2.75) is 26.1 Å². The highest BCUT2D eigenvalue weighted by Crippen LogP contribution is 2.09. The van der Waals surface area contributed by atoms with Gasteiger partial charge in [0.1, 0.15) is 11.7 Å². The van der Waals surface area contributed by atoms with Crippen molar-refractivity contribution in [1.29, 1.82) is 0 Å². The number of ketones is 1. The molecule has 2 aromatic rings. The predicted molar refractivity (Wildman–Crippen MR) is 97.0 cm³/mol. The third-order valence-corrected chi connectivity index (χ3v) is 4.05. The van der Waals surface area contributed by atoms with Gasteiger partial charge in [-0.25, -0.2) is 0 Å². The number of rotatable bonds is 10. The minimum Gasteiger partial charge on any atom is -0.481 e. The van der Waals surface area contributed by atoms with E-state index in [4.69, 9.17) is 0 Å². The normalized spacial score (nSPS) is 13.2. The molecule has 0 aromatic heterocycles. The molecule has 0 aliphatic carbocycles. The second-order valence-corrected chi connectivity index (χ2v) is 6.02. The van der Waals surface area contributed by atoms with Gasteiger partial charge < -0.3 is 15.7 Å². The van der Waals surface area contributed by atoms with Crippen molar-refractivity contribution >= 4 is 11.8 Å². The van der Waals surface area contributed by atoms with E-state index >= 15 is 0 Å². The molecule has 25 heavy (non-hydrogen) atoms. The summed E-state index contributed by atoms with van der Waals surface area (Å²) in [6.45, 7) is 2.84. The molecule has 0 radical (unpaired) electrons. The monoisotopic (exact) mass is 340 g/mol. The molecule has 0 aliphatic heterocycles. The Morgan fingerprint density at radius 3 is 1.92 bits per heavy atom. The fourth-order valence-corrected chi connectivity index (χ4v) is 2.75. The standard InChI is InChI=1S/C20H24N2O3/c1-15(23)19(20(24)25)18(22-13-17-10-6-3-7-11-17)14-21-12-16-8-4-2-5-9-16/h2-11,18-19,21-22H,12-14H2,1H3,(H,24,25). The van der Waals surface area contributed by atoms with Gasteiger partial charge in [0.05, 0.1) is 0 Å². The van der Waals surface area contributed by atoms with Crippen molar-refractivity contribution in [3.63, 3.8) is 0 Å². The zero-order valence-corrected chi connectivity index (χ0v) is 14.3. The lowest BCUT2D eigenvalue weighted by atomic mass is 9.95. The summed E-state index contributed by atoms with van der Waals surface area (Å²) in [5.41, 5.74) is 2.15. The van der Waals surface area contributed by atoms with Gasteiger partial charge in [0.15, 0.2) is 0 Å². The molecule has 0 saturated carbocycles. The fourth-order valence-electron chi connectivity index (χ4n) is 2.75. The molecule has 0 heterocycles. The Morgan fingerprint density at radius 1 is 0.920 bits per heavy atom. The number of benzene rings is 2. The van der Waals surface area contributed by atoms with Crippen LogP contribution in [0.5, 0.6) is 0 Å². The first-order chi connectivity index (χ1) is 12.1. The van der Waals surface area contributed by atoms with Crippen molar-refractivity contribution in [3.8, 4) is 0 Å². The molecule has 0 aliphatic rings. The van der Waals surface area contributed by atoms with Crippen LogP contribution < -0.4 is 10.6 Å². The molecule has 0 spiro atoms. The topological polar surface area (TPSA) is 78.4 Å². The molecule has 3 N–H and O–H groups in total. The van der Waals surface area contributed by atoms with E-state index in [1.165, 1.54) is 6.92 Å². The van der Waals surface area contributed by atoms with Crippen LogP contribution in [0.2, 0.25) is 0 Å². The molecule has 0 bridgehead atoms. The van der Waals surface area contributed by atoms with E-state index in [1.54, 1.807) is 0 Å². The molecular formula is C20H24N2O3. The Bertz CT molecular complexity index is 660. The lowest BCUT2D eigenvalue weighted by Gasteiger charge is -2.24. The minimum absolute atomic E-state index is 0.348. The Balaban J connectivity index is 2.00. The SMILES string of the molecule is CC(=O)C(C(=O)O)C(CNCc1ccccc1)NCc1ccccc1. The number of aliphatic carboxylic acids is 1. The summed E-state index contributed by atoms with van der Waals surface area (Å²) in [5.74, 6) is -2.52. The van der Waals surface area contributed by atoms with Gasteiger partial charge in [-0.2, -0.15) is 0 Å². The Labute approximate surface area is 148 Å². The molecule has 132 valence electrons. The average Bonchev–Trinajstić information content (AvgIpc) is 2.60. The quantitative estimate of drug-likeness (QED) is 0.578. The lowest BCUT2D eigenvalue weighted by molar-refractivity contribution is -0.147. The van der Waals surface area contributed by atoms with E-state index in [1.807, 2.05) is 60.7 Å². The van der Waals surface area contributed by atoms with Gasteiger partial charge in [-0.3, -0.25) is 9.59 Å². The van der Waals surface area contributed by atoms with Crippen LogP contribution in [0.25, 0.3) is 0 Å². The van der Waals surface area contributed by atoms with Crippen LogP contribution in [-0.4, -0.2) is 29.4 Å². The highest BCUT2D eigenvalue weighted by Gasteiger charge is 2.31. The molecule has 5 heteroatoms. The molecule has 5 nitrogen and oxygen atoms in total. The summed E-state index contributed by atoms with van der Waals surface area (Å²) >= 11 is 0. The van der Waals surface area contributed by atoms with E-state index in [9.17, 15) is 14.7 Å². The Morgan fingerprint density at radius 2 is 1.44 bits per heavy atom. The van der Waals surface area contributed by atoms with E-state index in [0.717, 1.165) is 11.1 Å². The molecule has 2 aromatic carbocycles. The number of Topliss-reactive ketones (excluding diaryl/α,β-unsaturated/α-hetero) is 1. The Kier molecular flexibility index (Phi) is 7.32. The molecule has 0 amide bonds. The van der Waals surface area contributed by atoms with Crippen LogP contribution in [-0.2, 0) is 22.7 Å². The van der Waals surface area contributed by atoms with E-state index < -0.39 is 17.9 Å². The molecule has 0 saturated heterocycles. The van der Waals surface area contributed by atoms with Crippen LogP contribution in [0.15, 0.2) is 60.7 Å². The molecule has 0 fully saturated rings. The third kappa shape index (κ3) is 6.14. The predicted octanol–water partition coefficient (Wildman–Crippen LogP) is 2.22. The number of carbonyl (C=O) groups excluding carboxylic acids is 1. The van der Waals surface area contributed by atoms with E-state index in [2.05, 4.69) is 10.6 Å². The van der Waals surface area contributed by atoms with Crippen molar-refractivity contribution < 1.29 is 14.7 Å². The zero-order valence-electron chi connectivity index (χ0n) is 14.3. The van der Waals surface area contributed by atoms with Gasteiger partial charge in [-0.15, -0.1) is 0 Å². The minimum atomic E-state index is -1.10. The summed E-state index contributed by atoms with van der Waals surface area (Å²) in [5, 5.41) is 15.9. The van der Waals surface area contributed by atoms with Crippen LogP contribution >= 0.6 is 0 Å². The maximum Gasteiger partial charge on any atom is 0.315 e. The number of hydrogen-bond donors (Lipinski definition) is 3. The summed E-state index contributed by atoms with van der Waals surface area (Å²) < 4.78 is 0. The fraction of sp³-hybridized carbons (Fsp3) is 0.300. The first kappa shape index (κ1) is 18.8. The van der Waals surface area contributed by atoms with Gasteiger partial charge >= 0.3 is 5.97 Å².